The highest BCUT2D eigenvalue weighted by Crippen LogP contribution is 2.26. The monoisotopic (exact) mass is 259 g/mol. The first-order valence-corrected chi connectivity index (χ1v) is 6.98. The minimum Gasteiger partial charge on any atom is -0.398 e. The van der Waals surface area contributed by atoms with Crippen molar-refractivity contribution >= 4 is 11.6 Å². The van der Waals surface area contributed by atoms with Gasteiger partial charge in [-0.25, -0.2) is 0 Å². The van der Waals surface area contributed by atoms with Crippen LogP contribution >= 0.6 is 0 Å². The third kappa shape index (κ3) is 2.32. The summed E-state index contributed by atoms with van der Waals surface area (Å²) in [4.78, 5) is 16.7. The quantitative estimate of drug-likeness (QED) is 0.769. The SMILES string of the molecule is CN1CCC(C(=O)N2CCc3c(N)cccc3C2)C1. The molecule has 2 aliphatic rings. The Morgan fingerprint density at radius 2 is 2.21 bits per heavy atom. The summed E-state index contributed by atoms with van der Waals surface area (Å²) in [5, 5.41) is 0. The van der Waals surface area contributed by atoms with Crippen molar-refractivity contribution in [1.29, 1.82) is 0 Å². The fraction of sp³-hybridized carbons (Fsp3) is 0.533. The fourth-order valence-corrected chi connectivity index (χ4v) is 3.22. The highest BCUT2D eigenvalue weighted by atomic mass is 16.2. The van der Waals surface area contributed by atoms with Crippen molar-refractivity contribution < 1.29 is 4.79 Å². The highest BCUT2D eigenvalue weighted by molar-refractivity contribution is 5.80. The predicted octanol–water partition coefficient (Wildman–Crippen LogP) is 1.11. The van der Waals surface area contributed by atoms with Crippen molar-refractivity contribution in [2.45, 2.75) is 19.4 Å². The molecule has 1 unspecified atom stereocenters. The van der Waals surface area contributed by atoms with Crippen LogP contribution < -0.4 is 5.73 Å². The van der Waals surface area contributed by atoms with Crippen LogP contribution in [0, 0.1) is 5.92 Å². The van der Waals surface area contributed by atoms with Crippen LogP contribution in [-0.4, -0.2) is 42.4 Å². The van der Waals surface area contributed by atoms with E-state index in [4.69, 9.17) is 5.73 Å². The lowest BCUT2D eigenvalue weighted by Gasteiger charge is -2.31. The van der Waals surface area contributed by atoms with Gasteiger partial charge in [-0.05, 0) is 43.6 Å². The molecule has 1 aromatic rings. The van der Waals surface area contributed by atoms with E-state index >= 15 is 0 Å². The van der Waals surface area contributed by atoms with Crippen molar-refractivity contribution in [2.75, 3.05) is 32.4 Å². The van der Waals surface area contributed by atoms with E-state index in [0.29, 0.717) is 5.91 Å². The molecule has 1 amide bonds. The molecule has 4 nitrogen and oxygen atoms in total. The number of benzene rings is 1. The first kappa shape index (κ1) is 12.5. The van der Waals surface area contributed by atoms with Crippen molar-refractivity contribution in [3.8, 4) is 0 Å². The second kappa shape index (κ2) is 4.85. The molecule has 0 spiro atoms. The normalized spacial score (nSPS) is 23.4. The Bertz CT molecular complexity index is 500. The Hall–Kier alpha value is -1.55. The van der Waals surface area contributed by atoms with E-state index in [1.807, 2.05) is 17.0 Å². The number of amides is 1. The largest absolute Gasteiger partial charge is 0.398 e. The van der Waals surface area contributed by atoms with Gasteiger partial charge in [0, 0.05) is 25.3 Å². The maximum atomic E-state index is 12.5. The molecule has 1 atom stereocenters. The standard InChI is InChI=1S/C15H21N3O/c1-17-7-5-12(9-17)15(19)18-8-6-13-11(10-18)3-2-4-14(13)16/h2-4,12H,5-10,16H2,1H3. The summed E-state index contributed by atoms with van der Waals surface area (Å²) in [7, 11) is 2.08. The van der Waals surface area contributed by atoms with Gasteiger partial charge in [-0.3, -0.25) is 4.79 Å². The molecule has 1 aromatic carbocycles. The first-order chi connectivity index (χ1) is 9.15. The number of nitrogens with two attached hydrogens (primary N) is 1. The molecule has 0 saturated carbocycles. The van der Waals surface area contributed by atoms with Crippen molar-refractivity contribution in [3.63, 3.8) is 0 Å². The van der Waals surface area contributed by atoms with E-state index in [2.05, 4.69) is 18.0 Å². The minimum atomic E-state index is 0.188. The third-order valence-corrected chi connectivity index (χ3v) is 4.35. The lowest BCUT2D eigenvalue weighted by atomic mass is 9.96. The number of rotatable bonds is 1. The Morgan fingerprint density at radius 1 is 1.37 bits per heavy atom. The molecule has 19 heavy (non-hydrogen) atoms. The number of likely N-dealkylation sites (tertiary alicyclic amines) is 1. The van der Waals surface area contributed by atoms with E-state index in [1.165, 1.54) is 11.1 Å². The average molecular weight is 259 g/mol. The molecule has 2 aliphatic heterocycles. The second-order valence-electron chi connectivity index (χ2n) is 5.74. The Morgan fingerprint density at radius 3 is 2.95 bits per heavy atom. The summed E-state index contributed by atoms with van der Waals surface area (Å²) in [6.07, 6.45) is 1.88. The molecule has 2 N–H and O–H groups in total. The van der Waals surface area contributed by atoms with Crippen LogP contribution in [-0.2, 0) is 17.8 Å². The van der Waals surface area contributed by atoms with E-state index in [9.17, 15) is 4.79 Å². The zero-order valence-corrected chi connectivity index (χ0v) is 11.4. The van der Waals surface area contributed by atoms with E-state index < -0.39 is 0 Å². The van der Waals surface area contributed by atoms with Crippen molar-refractivity contribution in [1.82, 2.24) is 9.80 Å². The molecule has 2 heterocycles. The molecule has 0 radical (unpaired) electrons. The maximum Gasteiger partial charge on any atom is 0.227 e. The van der Waals surface area contributed by atoms with Crippen molar-refractivity contribution in [2.24, 2.45) is 5.92 Å². The summed E-state index contributed by atoms with van der Waals surface area (Å²) < 4.78 is 0. The molecule has 3 rings (SSSR count). The smallest absolute Gasteiger partial charge is 0.227 e. The fourth-order valence-electron chi connectivity index (χ4n) is 3.22. The number of nitrogens with zero attached hydrogens (tertiary/aromatic N) is 2. The van der Waals surface area contributed by atoms with Gasteiger partial charge >= 0.3 is 0 Å². The minimum absolute atomic E-state index is 0.188. The molecule has 0 bridgehead atoms. The Balaban J connectivity index is 1.73. The topological polar surface area (TPSA) is 49.6 Å². The molecular weight excluding hydrogens is 238 g/mol. The highest BCUT2D eigenvalue weighted by Gasteiger charge is 2.31. The lowest BCUT2D eigenvalue weighted by molar-refractivity contribution is -0.136. The van der Waals surface area contributed by atoms with Gasteiger partial charge < -0.3 is 15.5 Å². The van der Waals surface area contributed by atoms with Gasteiger partial charge in [0.15, 0.2) is 0 Å². The lowest BCUT2D eigenvalue weighted by Crippen LogP contribution is -2.40. The summed E-state index contributed by atoms with van der Waals surface area (Å²) in [6.45, 7) is 3.46. The van der Waals surface area contributed by atoms with Crippen LogP contribution in [0.4, 0.5) is 5.69 Å². The van der Waals surface area contributed by atoms with Gasteiger partial charge in [0.2, 0.25) is 5.91 Å². The molecule has 1 fully saturated rings. The number of carbonyl (C=O) groups is 1. The number of hydrogen-bond acceptors (Lipinski definition) is 3. The molecule has 0 aliphatic carbocycles. The van der Waals surface area contributed by atoms with Gasteiger partial charge in [-0.15, -0.1) is 0 Å². The Labute approximate surface area is 114 Å². The van der Waals surface area contributed by atoms with Crippen LogP contribution in [0.1, 0.15) is 17.5 Å². The first-order valence-electron chi connectivity index (χ1n) is 6.98. The number of hydrogen-bond donors (Lipinski definition) is 1. The second-order valence-corrected chi connectivity index (χ2v) is 5.74. The number of anilines is 1. The molecular formula is C15H21N3O. The maximum absolute atomic E-state index is 12.5. The predicted molar refractivity (Wildman–Crippen MR) is 75.6 cm³/mol. The van der Waals surface area contributed by atoms with Gasteiger partial charge in [0.25, 0.3) is 0 Å². The van der Waals surface area contributed by atoms with Crippen LogP contribution in [0.3, 0.4) is 0 Å². The van der Waals surface area contributed by atoms with E-state index in [1.54, 1.807) is 0 Å². The van der Waals surface area contributed by atoms with Crippen LogP contribution in [0.15, 0.2) is 18.2 Å². The van der Waals surface area contributed by atoms with Gasteiger partial charge in [0.1, 0.15) is 0 Å². The van der Waals surface area contributed by atoms with Gasteiger partial charge in [-0.1, -0.05) is 12.1 Å². The van der Waals surface area contributed by atoms with Crippen LogP contribution in [0.2, 0.25) is 0 Å². The van der Waals surface area contributed by atoms with Crippen LogP contribution in [0.5, 0.6) is 0 Å². The molecule has 102 valence electrons. The summed E-state index contributed by atoms with van der Waals surface area (Å²) in [5.74, 6) is 0.505. The molecule has 0 aromatic heterocycles. The van der Waals surface area contributed by atoms with E-state index in [-0.39, 0.29) is 5.92 Å². The number of carbonyl (C=O) groups excluding carboxylic acids is 1. The average Bonchev–Trinajstić information content (AvgIpc) is 2.84. The van der Waals surface area contributed by atoms with Gasteiger partial charge in [-0.2, -0.15) is 0 Å². The third-order valence-electron chi connectivity index (χ3n) is 4.35. The summed E-state index contributed by atoms with van der Waals surface area (Å²) >= 11 is 0. The van der Waals surface area contributed by atoms with Crippen LogP contribution in [0.25, 0.3) is 0 Å². The molecule has 1 saturated heterocycles. The summed E-state index contributed by atoms with van der Waals surface area (Å²) in [6, 6.07) is 6.01. The summed E-state index contributed by atoms with van der Waals surface area (Å²) in [5.41, 5.74) is 9.30. The molecule has 4 heteroatoms. The zero-order chi connectivity index (χ0) is 13.4. The van der Waals surface area contributed by atoms with E-state index in [0.717, 1.165) is 44.7 Å². The van der Waals surface area contributed by atoms with Crippen molar-refractivity contribution in [3.05, 3.63) is 29.3 Å². The Kier molecular flexibility index (Phi) is 3.19. The zero-order valence-electron chi connectivity index (χ0n) is 11.4. The number of nitrogen functional groups attached to an aromatic ring is 1. The number of fused-ring (bicyclic) bond motifs is 1. The van der Waals surface area contributed by atoms with Gasteiger partial charge in [0.05, 0.1) is 5.92 Å².